The van der Waals surface area contributed by atoms with Gasteiger partial charge < -0.3 is 16.4 Å². The van der Waals surface area contributed by atoms with Crippen molar-refractivity contribution in [3.05, 3.63) is 23.5 Å². The number of halogens is 1. The molecule has 0 aromatic heterocycles. The van der Waals surface area contributed by atoms with E-state index in [1.165, 1.54) is 12.1 Å². The lowest BCUT2D eigenvalue weighted by Crippen LogP contribution is -2.23. The first-order valence-electron chi connectivity index (χ1n) is 5.22. The zero-order valence-electron chi connectivity index (χ0n) is 9.05. The zero-order chi connectivity index (χ0) is 12.4. The van der Waals surface area contributed by atoms with Crippen LogP contribution in [-0.2, 0) is 16.0 Å². The number of benzene rings is 1. The van der Waals surface area contributed by atoms with Crippen LogP contribution in [0.4, 0.5) is 15.8 Å². The average molecular weight is 237 g/mol. The van der Waals surface area contributed by atoms with Crippen molar-refractivity contribution >= 4 is 23.2 Å². The Labute approximate surface area is 97.2 Å². The summed E-state index contributed by atoms with van der Waals surface area (Å²) in [5.41, 5.74) is 6.42. The van der Waals surface area contributed by atoms with Crippen molar-refractivity contribution in [3.8, 4) is 0 Å². The Morgan fingerprint density at radius 2 is 2.24 bits per heavy atom. The lowest BCUT2D eigenvalue weighted by molar-refractivity contribution is -0.116. The number of hydrogen-bond donors (Lipinski definition) is 3. The number of fused-ring (bicyclic) bond motifs is 1. The van der Waals surface area contributed by atoms with Gasteiger partial charge in [-0.15, -0.1) is 0 Å². The second-order valence-corrected chi connectivity index (χ2v) is 3.79. The molecule has 1 heterocycles. The topological polar surface area (TPSA) is 84.2 Å². The number of carbonyl (C=O) groups is 2. The monoisotopic (exact) mass is 237 g/mol. The van der Waals surface area contributed by atoms with Crippen LogP contribution in [0.5, 0.6) is 0 Å². The molecule has 0 saturated heterocycles. The van der Waals surface area contributed by atoms with Crippen molar-refractivity contribution < 1.29 is 14.0 Å². The van der Waals surface area contributed by atoms with Crippen LogP contribution < -0.4 is 16.4 Å². The first-order chi connectivity index (χ1) is 8.10. The van der Waals surface area contributed by atoms with Crippen LogP contribution >= 0.6 is 0 Å². The minimum Gasteiger partial charge on any atom is -0.326 e. The van der Waals surface area contributed by atoms with E-state index < -0.39 is 11.7 Å². The van der Waals surface area contributed by atoms with E-state index in [1.54, 1.807) is 0 Å². The number of hydrogen-bond acceptors (Lipinski definition) is 3. The summed E-state index contributed by atoms with van der Waals surface area (Å²) in [7, 11) is 0. The SMILES string of the molecule is NCC(=O)Nc1cc2c(cc1F)CCC(=O)N2. The number of nitrogens with two attached hydrogens (primary N) is 1. The predicted octanol–water partition coefficient (Wildman–Crippen LogP) is 0.608. The molecule has 1 aliphatic rings. The van der Waals surface area contributed by atoms with Gasteiger partial charge in [-0.25, -0.2) is 4.39 Å². The van der Waals surface area contributed by atoms with E-state index >= 15 is 0 Å². The highest BCUT2D eigenvalue weighted by molar-refractivity contribution is 5.97. The van der Waals surface area contributed by atoms with Crippen LogP contribution in [0, 0.1) is 5.82 Å². The Hall–Kier alpha value is -1.95. The molecular formula is C11H12FN3O2. The van der Waals surface area contributed by atoms with Gasteiger partial charge >= 0.3 is 0 Å². The number of anilines is 2. The summed E-state index contributed by atoms with van der Waals surface area (Å²) in [6.07, 6.45) is 0.851. The first kappa shape index (κ1) is 11.5. The minimum absolute atomic E-state index is 0.0291. The van der Waals surface area contributed by atoms with Gasteiger partial charge in [0.1, 0.15) is 5.82 Å². The fourth-order valence-corrected chi connectivity index (χ4v) is 1.70. The summed E-state index contributed by atoms with van der Waals surface area (Å²) in [4.78, 5) is 22.3. The fourth-order valence-electron chi connectivity index (χ4n) is 1.70. The van der Waals surface area contributed by atoms with E-state index in [2.05, 4.69) is 10.6 Å². The molecule has 90 valence electrons. The van der Waals surface area contributed by atoms with Gasteiger partial charge in [0.05, 0.1) is 12.2 Å². The lowest BCUT2D eigenvalue weighted by Gasteiger charge is -2.18. The van der Waals surface area contributed by atoms with Gasteiger partial charge in [0.25, 0.3) is 0 Å². The maximum atomic E-state index is 13.6. The molecule has 2 rings (SSSR count). The molecule has 0 aliphatic carbocycles. The molecule has 5 nitrogen and oxygen atoms in total. The maximum Gasteiger partial charge on any atom is 0.238 e. The molecule has 0 saturated carbocycles. The lowest BCUT2D eigenvalue weighted by atomic mass is 10.0. The van der Waals surface area contributed by atoms with Gasteiger partial charge in [0.15, 0.2) is 0 Å². The van der Waals surface area contributed by atoms with Crippen LogP contribution in [0.3, 0.4) is 0 Å². The van der Waals surface area contributed by atoms with Crippen LogP contribution in [0.25, 0.3) is 0 Å². The molecule has 6 heteroatoms. The van der Waals surface area contributed by atoms with E-state index in [1.807, 2.05) is 0 Å². The highest BCUT2D eigenvalue weighted by Crippen LogP contribution is 2.28. The van der Waals surface area contributed by atoms with E-state index in [0.29, 0.717) is 18.5 Å². The first-order valence-corrected chi connectivity index (χ1v) is 5.22. The smallest absolute Gasteiger partial charge is 0.238 e. The van der Waals surface area contributed by atoms with Gasteiger partial charge in [-0.1, -0.05) is 0 Å². The normalized spacial score (nSPS) is 13.9. The summed E-state index contributed by atoms with van der Waals surface area (Å²) >= 11 is 0. The summed E-state index contributed by atoms with van der Waals surface area (Å²) in [6, 6.07) is 2.73. The van der Waals surface area contributed by atoms with Gasteiger partial charge in [-0.2, -0.15) is 0 Å². The molecule has 0 atom stereocenters. The fraction of sp³-hybridized carbons (Fsp3) is 0.273. The molecule has 0 spiro atoms. The van der Waals surface area contributed by atoms with E-state index in [-0.39, 0.29) is 18.1 Å². The molecule has 0 radical (unpaired) electrons. The molecule has 1 aromatic rings. The third-order valence-electron chi connectivity index (χ3n) is 2.55. The van der Waals surface area contributed by atoms with Crippen molar-refractivity contribution in [2.24, 2.45) is 5.73 Å². The summed E-state index contributed by atoms with van der Waals surface area (Å²) in [5, 5.41) is 4.97. The maximum absolute atomic E-state index is 13.6. The van der Waals surface area contributed by atoms with E-state index in [9.17, 15) is 14.0 Å². The van der Waals surface area contributed by atoms with Gasteiger partial charge in [0, 0.05) is 12.1 Å². The highest BCUT2D eigenvalue weighted by atomic mass is 19.1. The molecule has 0 unspecified atom stereocenters. The molecule has 0 bridgehead atoms. The summed E-state index contributed by atoms with van der Waals surface area (Å²) in [5.74, 6) is -1.12. The third-order valence-corrected chi connectivity index (χ3v) is 2.55. The van der Waals surface area contributed by atoms with Crippen molar-refractivity contribution in [2.45, 2.75) is 12.8 Å². The Balaban J connectivity index is 2.32. The second-order valence-electron chi connectivity index (χ2n) is 3.79. The molecule has 1 aliphatic heterocycles. The number of carbonyl (C=O) groups excluding carboxylic acids is 2. The number of aryl methyl sites for hydroxylation is 1. The van der Waals surface area contributed by atoms with Gasteiger partial charge in [-0.05, 0) is 24.1 Å². The largest absolute Gasteiger partial charge is 0.326 e. The van der Waals surface area contributed by atoms with Crippen LogP contribution in [0.1, 0.15) is 12.0 Å². The van der Waals surface area contributed by atoms with Crippen molar-refractivity contribution in [1.82, 2.24) is 0 Å². The summed E-state index contributed by atoms with van der Waals surface area (Å²) < 4.78 is 13.6. The van der Waals surface area contributed by atoms with E-state index in [4.69, 9.17) is 5.73 Å². The number of amides is 2. The molecule has 0 fully saturated rings. The zero-order valence-corrected chi connectivity index (χ0v) is 9.05. The van der Waals surface area contributed by atoms with E-state index in [0.717, 1.165) is 5.56 Å². The minimum atomic E-state index is -0.526. The molecule has 17 heavy (non-hydrogen) atoms. The standard InChI is InChI=1S/C11H12FN3O2/c12-7-3-6-1-2-10(16)14-8(6)4-9(7)15-11(17)5-13/h3-4H,1-2,5,13H2,(H,14,16)(H,15,17). The van der Waals surface area contributed by atoms with Crippen LogP contribution in [0.2, 0.25) is 0 Å². The Bertz CT molecular complexity index is 488. The van der Waals surface area contributed by atoms with Crippen molar-refractivity contribution in [1.29, 1.82) is 0 Å². The van der Waals surface area contributed by atoms with Crippen LogP contribution in [0.15, 0.2) is 12.1 Å². The van der Waals surface area contributed by atoms with Gasteiger partial charge in [0.2, 0.25) is 11.8 Å². The molecule has 1 aromatic carbocycles. The van der Waals surface area contributed by atoms with Crippen molar-refractivity contribution in [2.75, 3.05) is 17.2 Å². The highest BCUT2D eigenvalue weighted by Gasteiger charge is 2.18. The molecular weight excluding hydrogens is 225 g/mol. The predicted molar refractivity (Wildman–Crippen MR) is 61.0 cm³/mol. The van der Waals surface area contributed by atoms with Crippen molar-refractivity contribution in [3.63, 3.8) is 0 Å². The Kier molecular flexibility index (Phi) is 3.06. The molecule has 4 N–H and O–H groups in total. The quantitative estimate of drug-likeness (QED) is 0.704. The number of rotatable bonds is 2. The Morgan fingerprint density at radius 3 is 2.94 bits per heavy atom. The second kappa shape index (κ2) is 4.50. The number of nitrogens with one attached hydrogen (secondary N) is 2. The van der Waals surface area contributed by atoms with Crippen LogP contribution in [-0.4, -0.2) is 18.4 Å². The summed E-state index contributed by atoms with van der Waals surface area (Å²) in [6.45, 7) is -0.219. The van der Waals surface area contributed by atoms with Gasteiger partial charge in [-0.3, -0.25) is 9.59 Å². The third kappa shape index (κ3) is 2.42. The average Bonchev–Trinajstić information content (AvgIpc) is 2.30. The Morgan fingerprint density at radius 1 is 1.47 bits per heavy atom. The molecule has 2 amide bonds.